The number of carbonyl (C=O) groups is 2. The molecule has 6 nitrogen and oxygen atoms in total. The van der Waals surface area contributed by atoms with Crippen LogP contribution < -0.4 is 5.32 Å². The van der Waals surface area contributed by atoms with Crippen molar-refractivity contribution >= 4 is 11.9 Å². The third-order valence-corrected chi connectivity index (χ3v) is 3.57. The molecule has 0 radical (unpaired) electrons. The van der Waals surface area contributed by atoms with Crippen LogP contribution in [-0.2, 0) is 9.53 Å². The number of carbonyl (C=O) groups excluding carboxylic acids is 2. The molecule has 1 amide bonds. The van der Waals surface area contributed by atoms with Gasteiger partial charge in [0.2, 0.25) is 0 Å². The van der Waals surface area contributed by atoms with E-state index in [-0.39, 0.29) is 11.5 Å². The van der Waals surface area contributed by atoms with Crippen molar-refractivity contribution in [3.63, 3.8) is 0 Å². The summed E-state index contributed by atoms with van der Waals surface area (Å²) < 4.78 is 5.11. The third kappa shape index (κ3) is 4.29. The maximum Gasteiger partial charge on any atom is 0.340 e. The van der Waals surface area contributed by atoms with Crippen molar-refractivity contribution in [2.24, 2.45) is 5.92 Å². The van der Waals surface area contributed by atoms with Crippen molar-refractivity contribution in [3.05, 3.63) is 29.6 Å². The van der Waals surface area contributed by atoms with E-state index in [0.717, 1.165) is 5.69 Å². The fraction of sp³-hybridized carbons (Fsp3) is 0.500. The van der Waals surface area contributed by atoms with Gasteiger partial charge in [-0.15, -0.1) is 0 Å². The zero-order chi connectivity index (χ0) is 16.9. The van der Waals surface area contributed by atoms with Gasteiger partial charge in [0.15, 0.2) is 6.10 Å². The molecule has 6 heteroatoms. The molecule has 0 fully saturated rings. The van der Waals surface area contributed by atoms with Gasteiger partial charge in [0, 0.05) is 11.9 Å². The molecule has 0 aliphatic heterocycles. The van der Waals surface area contributed by atoms with Crippen molar-refractivity contribution in [2.45, 2.75) is 46.3 Å². The Hall–Kier alpha value is -2.42. The van der Waals surface area contributed by atoms with Gasteiger partial charge in [0.25, 0.3) is 5.91 Å². The first kappa shape index (κ1) is 17.6. The zero-order valence-corrected chi connectivity index (χ0v) is 13.5. The lowest BCUT2D eigenvalue weighted by molar-refractivity contribution is -0.130. The van der Waals surface area contributed by atoms with Gasteiger partial charge in [-0.1, -0.05) is 13.8 Å². The molecule has 0 bridgehead atoms. The molecule has 2 unspecified atom stereocenters. The second-order valence-corrected chi connectivity index (χ2v) is 5.69. The number of nitrogens with zero attached hydrogens (tertiary/aromatic N) is 2. The average molecular weight is 303 g/mol. The summed E-state index contributed by atoms with van der Waals surface area (Å²) >= 11 is 0. The first-order chi connectivity index (χ1) is 10.2. The van der Waals surface area contributed by atoms with Crippen LogP contribution in [0.4, 0.5) is 0 Å². The van der Waals surface area contributed by atoms with E-state index in [1.165, 1.54) is 13.1 Å². The summed E-state index contributed by atoms with van der Waals surface area (Å²) in [5.41, 5.74) is 0.0459. The Labute approximate surface area is 130 Å². The lowest BCUT2D eigenvalue weighted by atomic mass is 9.90. The number of amides is 1. The first-order valence-corrected chi connectivity index (χ1v) is 7.06. The molecule has 0 aliphatic carbocycles. The van der Waals surface area contributed by atoms with Crippen LogP contribution in [0.15, 0.2) is 18.3 Å². The smallest absolute Gasteiger partial charge is 0.340 e. The second kappa shape index (κ2) is 7.03. The first-order valence-electron chi connectivity index (χ1n) is 7.06. The van der Waals surface area contributed by atoms with Gasteiger partial charge >= 0.3 is 5.97 Å². The predicted octanol–water partition coefficient (Wildman–Crippen LogP) is 1.99. The Bertz CT molecular complexity index is 590. The molecular formula is C16H21N3O3. The van der Waals surface area contributed by atoms with Crippen LogP contribution in [0.5, 0.6) is 0 Å². The zero-order valence-electron chi connectivity index (χ0n) is 13.5. The normalized spacial score (nSPS) is 14.6. The van der Waals surface area contributed by atoms with E-state index >= 15 is 0 Å². The SMILES string of the molecule is Cc1ccc(C(=O)OC(C)C(=O)NC(C)(C#N)C(C)C)cn1. The lowest BCUT2D eigenvalue weighted by Crippen LogP contribution is -2.52. The lowest BCUT2D eigenvalue weighted by Gasteiger charge is -2.28. The van der Waals surface area contributed by atoms with E-state index in [2.05, 4.69) is 16.4 Å². The van der Waals surface area contributed by atoms with Crippen LogP contribution in [-0.4, -0.2) is 28.5 Å². The van der Waals surface area contributed by atoms with E-state index in [1.54, 1.807) is 26.0 Å². The monoisotopic (exact) mass is 303 g/mol. The minimum atomic E-state index is -1.01. The van der Waals surface area contributed by atoms with E-state index in [4.69, 9.17) is 4.74 Å². The van der Waals surface area contributed by atoms with Gasteiger partial charge in [-0.25, -0.2) is 4.79 Å². The summed E-state index contributed by atoms with van der Waals surface area (Å²) in [5.74, 6) is -1.21. The van der Waals surface area contributed by atoms with Crippen molar-refractivity contribution < 1.29 is 14.3 Å². The number of nitriles is 1. The molecule has 118 valence electrons. The van der Waals surface area contributed by atoms with Crippen LogP contribution in [0, 0.1) is 24.2 Å². The number of aromatic nitrogens is 1. The summed E-state index contributed by atoms with van der Waals surface area (Å²) in [6.07, 6.45) is 0.399. The number of hydrogen-bond donors (Lipinski definition) is 1. The van der Waals surface area contributed by atoms with Gasteiger partial charge in [-0.05, 0) is 38.8 Å². The molecule has 0 aromatic carbocycles. The molecule has 1 heterocycles. The molecule has 1 rings (SSSR count). The molecular weight excluding hydrogens is 282 g/mol. The minimum absolute atomic E-state index is 0.0781. The van der Waals surface area contributed by atoms with Crippen molar-refractivity contribution in [1.29, 1.82) is 5.26 Å². The van der Waals surface area contributed by atoms with Gasteiger partial charge in [-0.2, -0.15) is 5.26 Å². The fourth-order valence-corrected chi connectivity index (χ4v) is 1.53. The summed E-state index contributed by atoms with van der Waals surface area (Å²) in [6.45, 7) is 8.57. The van der Waals surface area contributed by atoms with Gasteiger partial charge in [-0.3, -0.25) is 9.78 Å². The van der Waals surface area contributed by atoms with Gasteiger partial charge < -0.3 is 10.1 Å². The highest BCUT2D eigenvalue weighted by atomic mass is 16.5. The van der Waals surface area contributed by atoms with E-state index in [1.807, 2.05) is 13.8 Å². The molecule has 0 spiro atoms. The Morgan fingerprint density at radius 1 is 1.36 bits per heavy atom. The van der Waals surface area contributed by atoms with Crippen molar-refractivity contribution in [1.82, 2.24) is 10.3 Å². The Morgan fingerprint density at radius 2 is 2.00 bits per heavy atom. The van der Waals surface area contributed by atoms with Gasteiger partial charge in [0.05, 0.1) is 11.6 Å². The number of esters is 1. The quantitative estimate of drug-likeness (QED) is 0.840. The fourth-order valence-electron chi connectivity index (χ4n) is 1.53. The van der Waals surface area contributed by atoms with Crippen molar-refractivity contribution in [3.8, 4) is 6.07 Å². The molecule has 0 saturated carbocycles. The van der Waals surface area contributed by atoms with Crippen LogP contribution >= 0.6 is 0 Å². The number of aryl methyl sites for hydroxylation is 1. The minimum Gasteiger partial charge on any atom is -0.449 e. The number of rotatable bonds is 5. The Kier molecular flexibility index (Phi) is 5.63. The van der Waals surface area contributed by atoms with Crippen LogP contribution in [0.25, 0.3) is 0 Å². The summed E-state index contributed by atoms with van der Waals surface area (Å²) in [6, 6.07) is 5.35. The molecule has 1 aromatic heterocycles. The van der Waals surface area contributed by atoms with E-state index < -0.39 is 23.5 Å². The molecule has 22 heavy (non-hydrogen) atoms. The predicted molar refractivity (Wildman–Crippen MR) is 80.9 cm³/mol. The highest BCUT2D eigenvalue weighted by molar-refractivity contribution is 5.92. The molecule has 2 atom stereocenters. The standard InChI is InChI=1S/C16H21N3O3/c1-10(2)16(5,9-17)19-14(20)12(4)22-15(21)13-7-6-11(3)18-8-13/h6-8,10,12H,1-5H3,(H,19,20). The summed E-state index contributed by atoms with van der Waals surface area (Å²) in [4.78, 5) is 28.0. The topological polar surface area (TPSA) is 92.1 Å². The third-order valence-electron chi connectivity index (χ3n) is 3.57. The highest BCUT2D eigenvalue weighted by Crippen LogP contribution is 2.15. The van der Waals surface area contributed by atoms with E-state index in [0.29, 0.717) is 0 Å². The maximum absolute atomic E-state index is 12.1. The van der Waals surface area contributed by atoms with Gasteiger partial charge in [0.1, 0.15) is 5.54 Å². The Balaban J connectivity index is 2.70. The number of hydrogen-bond acceptors (Lipinski definition) is 5. The summed E-state index contributed by atoms with van der Waals surface area (Å²) in [5, 5.41) is 11.8. The molecule has 0 aliphatic rings. The molecule has 1 aromatic rings. The average Bonchev–Trinajstić information content (AvgIpc) is 2.47. The molecule has 0 saturated heterocycles. The molecule has 1 N–H and O–H groups in total. The second-order valence-electron chi connectivity index (χ2n) is 5.69. The number of ether oxygens (including phenoxy) is 1. The highest BCUT2D eigenvalue weighted by Gasteiger charge is 2.32. The van der Waals surface area contributed by atoms with Crippen molar-refractivity contribution in [2.75, 3.05) is 0 Å². The van der Waals surface area contributed by atoms with E-state index in [9.17, 15) is 14.9 Å². The van der Waals surface area contributed by atoms with Crippen LogP contribution in [0.2, 0.25) is 0 Å². The van der Waals surface area contributed by atoms with Crippen LogP contribution in [0.3, 0.4) is 0 Å². The largest absolute Gasteiger partial charge is 0.449 e. The number of pyridine rings is 1. The maximum atomic E-state index is 12.1. The Morgan fingerprint density at radius 3 is 2.45 bits per heavy atom. The number of nitrogens with one attached hydrogen (secondary N) is 1. The van der Waals surface area contributed by atoms with Crippen LogP contribution in [0.1, 0.15) is 43.7 Å². The summed E-state index contributed by atoms with van der Waals surface area (Å²) in [7, 11) is 0.